The first-order chi connectivity index (χ1) is 14.4. The molecule has 0 aromatic heterocycles. The van der Waals surface area contributed by atoms with Crippen LogP contribution in [0.4, 0.5) is 24.5 Å². The lowest BCUT2D eigenvalue weighted by atomic mass is 9.83. The van der Waals surface area contributed by atoms with E-state index in [4.69, 9.17) is 10.5 Å². The first-order valence-electron chi connectivity index (χ1n) is 8.49. The van der Waals surface area contributed by atoms with Crippen LogP contribution >= 0.6 is 0 Å². The Balaban J connectivity index is 1.90. The van der Waals surface area contributed by atoms with Crippen LogP contribution in [0.15, 0.2) is 42.5 Å². The van der Waals surface area contributed by atoms with E-state index in [2.05, 4.69) is 5.32 Å². The zero-order chi connectivity index (χ0) is 21.6. The van der Waals surface area contributed by atoms with Crippen LogP contribution in [0.1, 0.15) is 43.0 Å². The van der Waals surface area contributed by atoms with Gasteiger partial charge in [-0.15, -0.1) is 0 Å². The Labute approximate surface area is 167 Å². The number of nitrogens with one attached hydrogen (secondary N) is 1. The van der Waals surface area contributed by atoms with E-state index in [9.17, 15) is 18.4 Å². The number of nitrogens with zero attached hydrogens (tertiary/aromatic N) is 2. The van der Waals surface area contributed by atoms with Crippen LogP contribution in [0, 0.1) is 40.1 Å². The van der Waals surface area contributed by atoms with Gasteiger partial charge < -0.3 is 5.32 Å². The van der Waals surface area contributed by atoms with Crippen molar-refractivity contribution in [3.63, 3.8) is 0 Å². The molecule has 0 bridgehead atoms. The summed E-state index contributed by atoms with van der Waals surface area (Å²) < 4.78 is 44.6. The summed E-state index contributed by atoms with van der Waals surface area (Å²) in [7, 11) is 0. The molecule has 3 aromatic carbocycles. The first-order valence-corrected chi connectivity index (χ1v) is 8.49. The molecule has 0 heterocycles. The fourth-order valence-corrected chi connectivity index (χ4v) is 3.30. The maximum atomic E-state index is 15.2. The van der Waals surface area contributed by atoms with Crippen LogP contribution in [0.25, 0.3) is 0 Å². The van der Waals surface area contributed by atoms with Gasteiger partial charge in [0.1, 0.15) is 17.8 Å². The quantitative estimate of drug-likeness (QED) is 0.502. The van der Waals surface area contributed by atoms with Crippen molar-refractivity contribution in [1.29, 1.82) is 10.5 Å². The maximum absolute atomic E-state index is 15.2. The van der Waals surface area contributed by atoms with Gasteiger partial charge in [-0.3, -0.25) is 9.59 Å². The molecule has 0 radical (unpaired) electrons. The fourth-order valence-electron chi connectivity index (χ4n) is 3.30. The van der Waals surface area contributed by atoms with Gasteiger partial charge in [-0.1, -0.05) is 24.3 Å². The third-order valence-electron chi connectivity index (χ3n) is 4.72. The van der Waals surface area contributed by atoms with Crippen LogP contribution in [0.2, 0.25) is 0 Å². The van der Waals surface area contributed by atoms with Crippen molar-refractivity contribution >= 4 is 22.9 Å². The molecular weight excluding hydrogens is 395 g/mol. The molecule has 0 spiro atoms. The molecule has 144 valence electrons. The highest BCUT2D eigenvalue weighted by atomic mass is 19.2. The molecule has 0 unspecified atom stereocenters. The lowest BCUT2D eigenvalue weighted by molar-refractivity contribution is 0.0971. The summed E-state index contributed by atoms with van der Waals surface area (Å²) in [5.74, 6) is -6.71. The molecule has 4 rings (SSSR count). The van der Waals surface area contributed by atoms with Crippen molar-refractivity contribution in [3.05, 3.63) is 93.3 Å². The van der Waals surface area contributed by atoms with Crippen molar-refractivity contribution in [1.82, 2.24) is 0 Å². The molecule has 1 aliphatic carbocycles. The average Bonchev–Trinajstić information content (AvgIpc) is 2.77. The Kier molecular flexibility index (Phi) is 4.33. The van der Waals surface area contributed by atoms with E-state index in [0.717, 1.165) is 6.07 Å². The zero-order valence-corrected chi connectivity index (χ0v) is 14.9. The lowest BCUT2D eigenvalue weighted by Gasteiger charge is -2.21. The van der Waals surface area contributed by atoms with Crippen molar-refractivity contribution in [2.75, 3.05) is 5.32 Å². The molecule has 30 heavy (non-hydrogen) atoms. The normalized spacial score (nSPS) is 11.9. The number of ketones is 2. The monoisotopic (exact) mass is 403 g/mol. The topological polar surface area (TPSA) is 93.8 Å². The second-order valence-electron chi connectivity index (χ2n) is 6.38. The molecule has 0 fully saturated rings. The summed E-state index contributed by atoms with van der Waals surface area (Å²) in [5.41, 5.74) is -3.11. The number of hydrogen-bond acceptors (Lipinski definition) is 5. The number of rotatable bonds is 2. The third kappa shape index (κ3) is 2.63. The van der Waals surface area contributed by atoms with Crippen LogP contribution in [0.5, 0.6) is 0 Å². The second-order valence-corrected chi connectivity index (χ2v) is 6.38. The van der Waals surface area contributed by atoms with Crippen LogP contribution in [0.3, 0.4) is 0 Å². The maximum Gasteiger partial charge on any atom is 0.197 e. The van der Waals surface area contributed by atoms with E-state index in [1.54, 1.807) is 12.1 Å². The van der Waals surface area contributed by atoms with Gasteiger partial charge in [0, 0.05) is 16.8 Å². The highest BCUT2D eigenvalue weighted by Gasteiger charge is 2.38. The van der Waals surface area contributed by atoms with E-state index in [1.165, 1.54) is 36.4 Å². The SMILES string of the molecule is N#Cc1ccc(Nc2c(F)c(F)c3c(c2F)C(=O)c2ccccc2C3=O)cc1C#N. The Morgan fingerprint density at radius 3 is 1.87 bits per heavy atom. The molecule has 0 amide bonds. The van der Waals surface area contributed by atoms with Crippen molar-refractivity contribution in [2.45, 2.75) is 0 Å². The van der Waals surface area contributed by atoms with Crippen LogP contribution < -0.4 is 5.32 Å². The average molecular weight is 403 g/mol. The molecule has 0 aliphatic heterocycles. The summed E-state index contributed by atoms with van der Waals surface area (Å²) in [4.78, 5) is 25.3. The van der Waals surface area contributed by atoms with Gasteiger partial charge in [-0.25, -0.2) is 13.2 Å². The Hall–Kier alpha value is -4.43. The van der Waals surface area contributed by atoms with Gasteiger partial charge in [0.15, 0.2) is 29.0 Å². The summed E-state index contributed by atoms with van der Waals surface area (Å²) in [6.45, 7) is 0. The van der Waals surface area contributed by atoms with Gasteiger partial charge in [0.05, 0.1) is 22.3 Å². The number of hydrogen-bond donors (Lipinski definition) is 1. The molecule has 0 saturated heterocycles. The lowest BCUT2D eigenvalue weighted by Crippen LogP contribution is -2.25. The number of nitriles is 2. The fraction of sp³-hybridized carbons (Fsp3) is 0. The summed E-state index contributed by atoms with van der Waals surface area (Å²) in [6.07, 6.45) is 0. The van der Waals surface area contributed by atoms with E-state index < -0.39 is 45.8 Å². The standard InChI is InChI=1S/C22H8F3N3O2/c23-17-15-16(22(30)14-4-2-1-3-13(14)21(15)29)18(24)20(19(17)25)28-12-6-5-10(8-26)11(7-12)9-27/h1-7,28H. The number of halogens is 3. The van der Waals surface area contributed by atoms with Gasteiger partial charge in [0.25, 0.3) is 0 Å². The number of carbonyl (C=O) groups excluding carboxylic acids is 2. The van der Waals surface area contributed by atoms with Crippen molar-refractivity contribution in [2.24, 2.45) is 0 Å². The van der Waals surface area contributed by atoms with Gasteiger partial charge in [0.2, 0.25) is 0 Å². The smallest absolute Gasteiger partial charge is 0.197 e. The number of anilines is 2. The first kappa shape index (κ1) is 18.9. The molecule has 1 N–H and O–H groups in total. The highest BCUT2D eigenvalue weighted by molar-refractivity contribution is 6.28. The van der Waals surface area contributed by atoms with Gasteiger partial charge in [-0.05, 0) is 18.2 Å². The van der Waals surface area contributed by atoms with Gasteiger partial charge in [-0.2, -0.15) is 10.5 Å². The minimum absolute atomic E-state index is 0.0160. The van der Waals surface area contributed by atoms with Gasteiger partial charge >= 0.3 is 0 Å². The van der Waals surface area contributed by atoms with Crippen molar-refractivity contribution < 1.29 is 22.8 Å². The Morgan fingerprint density at radius 2 is 1.30 bits per heavy atom. The van der Waals surface area contributed by atoms with E-state index in [1.807, 2.05) is 0 Å². The molecular formula is C22H8F3N3O2. The minimum Gasteiger partial charge on any atom is -0.351 e. The largest absolute Gasteiger partial charge is 0.351 e. The molecule has 3 aromatic rings. The highest BCUT2D eigenvalue weighted by Crippen LogP contribution is 2.37. The summed E-state index contributed by atoms with van der Waals surface area (Å²) >= 11 is 0. The molecule has 5 nitrogen and oxygen atoms in total. The van der Waals surface area contributed by atoms with E-state index in [0.29, 0.717) is 0 Å². The van der Waals surface area contributed by atoms with Crippen molar-refractivity contribution in [3.8, 4) is 12.1 Å². The third-order valence-corrected chi connectivity index (χ3v) is 4.72. The summed E-state index contributed by atoms with van der Waals surface area (Å²) in [5, 5.41) is 20.4. The van der Waals surface area contributed by atoms with E-state index in [-0.39, 0.29) is 27.9 Å². The van der Waals surface area contributed by atoms with Crippen LogP contribution in [-0.4, -0.2) is 11.6 Å². The summed E-state index contributed by atoms with van der Waals surface area (Å²) in [6, 6.07) is 12.7. The second kappa shape index (κ2) is 6.87. The number of carbonyl (C=O) groups is 2. The number of benzene rings is 3. The van der Waals surface area contributed by atoms with Crippen LogP contribution in [-0.2, 0) is 0 Å². The zero-order valence-electron chi connectivity index (χ0n) is 14.9. The Bertz CT molecular complexity index is 1370. The molecule has 1 aliphatic rings. The molecule has 0 saturated carbocycles. The predicted molar refractivity (Wildman–Crippen MR) is 98.8 cm³/mol. The molecule has 0 atom stereocenters. The predicted octanol–water partition coefficient (Wildman–Crippen LogP) is 4.37. The minimum atomic E-state index is -1.69. The van der Waals surface area contributed by atoms with E-state index >= 15 is 4.39 Å². The Morgan fingerprint density at radius 1 is 0.733 bits per heavy atom. The molecule has 8 heteroatoms. The number of fused-ring (bicyclic) bond motifs is 2.